The molecule has 4 aromatic rings. The molecule has 2 saturated heterocycles. The van der Waals surface area contributed by atoms with Gasteiger partial charge in [-0.25, -0.2) is 18.4 Å². The van der Waals surface area contributed by atoms with Gasteiger partial charge in [0.1, 0.15) is 17.0 Å². The molecule has 1 aromatic carbocycles. The first kappa shape index (κ1) is 27.2. The second kappa shape index (κ2) is 9.82. The van der Waals surface area contributed by atoms with Crippen molar-refractivity contribution < 1.29 is 21.6 Å². The van der Waals surface area contributed by atoms with Gasteiger partial charge in [-0.15, -0.1) is 0 Å². The lowest BCUT2D eigenvalue weighted by atomic mass is 9.89. The monoisotopic (exact) mass is 585 g/mol. The molecule has 11 nitrogen and oxygen atoms in total. The van der Waals surface area contributed by atoms with E-state index in [-0.39, 0.29) is 6.42 Å². The summed E-state index contributed by atoms with van der Waals surface area (Å²) < 4.78 is 66.4. The van der Waals surface area contributed by atoms with Gasteiger partial charge < -0.3 is 9.80 Å². The number of anilines is 1. The number of benzene rings is 1. The molecule has 0 atom stereocenters. The lowest BCUT2D eigenvalue weighted by molar-refractivity contribution is -0.0565. The van der Waals surface area contributed by atoms with Crippen LogP contribution in [0.2, 0.25) is 0 Å². The molecule has 6 rings (SSSR count). The number of alkyl halides is 3. The van der Waals surface area contributed by atoms with Crippen molar-refractivity contribution in [3.05, 3.63) is 55.1 Å². The predicted molar refractivity (Wildman–Crippen MR) is 144 cm³/mol. The number of aromatic nitrogens is 5. The Morgan fingerprint density at radius 1 is 1.07 bits per heavy atom. The van der Waals surface area contributed by atoms with E-state index in [1.807, 2.05) is 24.3 Å². The molecule has 0 aliphatic carbocycles. The van der Waals surface area contributed by atoms with E-state index in [1.54, 1.807) is 23.0 Å². The van der Waals surface area contributed by atoms with Crippen molar-refractivity contribution in [3.63, 3.8) is 0 Å². The van der Waals surface area contributed by atoms with Crippen LogP contribution in [-0.2, 0) is 15.6 Å². The third-order valence-corrected chi connectivity index (χ3v) is 9.25. The highest BCUT2D eigenvalue weighted by molar-refractivity contribution is 7.90. The van der Waals surface area contributed by atoms with Crippen molar-refractivity contribution in [3.8, 4) is 28.7 Å². The molecule has 2 aliphatic heterocycles. The minimum Gasteiger partial charge on any atom is -0.369 e. The topological polar surface area (TPSA) is 116 Å². The quantitative estimate of drug-likeness (QED) is 0.339. The van der Waals surface area contributed by atoms with Crippen molar-refractivity contribution in [2.24, 2.45) is 0 Å². The summed E-state index contributed by atoms with van der Waals surface area (Å²) in [6.07, 6.45) is 6.24. The third-order valence-electron chi connectivity index (χ3n) is 7.73. The molecule has 0 spiro atoms. The summed E-state index contributed by atoms with van der Waals surface area (Å²) in [6.45, 7) is 2.88. The summed E-state index contributed by atoms with van der Waals surface area (Å²) in [5.74, 6) is 0.496. The smallest absolute Gasteiger partial charge is 0.369 e. The summed E-state index contributed by atoms with van der Waals surface area (Å²) in [5.41, 5.74) is -2.77. The zero-order valence-electron chi connectivity index (χ0n) is 22.0. The number of halogens is 3. The minimum atomic E-state index is -5.50. The average Bonchev–Trinajstić information content (AvgIpc) is 3.60. The Morgan fingerprint density at radius 3 is 2.44 bits per heavy atom. The van der Waals surface area contributed by atoms with Crippen LogP contribution in [0.25, 0.3) is 28.3 Å². The highest BCUT2D eigenvalue weighted by Gasteiger charge is 2.59. The second-order valence-electron chi connectivity index (χ2n) is 10.4. The third kappa shape index (κ3) is 4.71. The number of fused-ring (bicyclic) bond motifs is 1. The van der Waals surface area contributed by atoms with Crippen molar-refractivity contribution in [2.45, 2.75) is 17.5 Å². The molecule has 0 unspecified atom stereocenters. The number of sulfonamides is 1. The van der Waals surface area contributed by atoms with Crippen LogP contribution < -0.4 is 4.90 Å². The summed E-state index contributed by atoms with van der Waals surface area (Å²) in [4.78, 5) is 13.9. The number of nitrogens with zero attached hydrogens (tertiary/aromatic N) is 9. The second-order valence-corrected chi connectivity index (χ2v) is 12.3. The summed E-state index contributed by atoms with van der Waals surface area (Å²) in [7, 11) is -3.39. The van der Waals surface area contributed by atoms with Crippen LogP contribution in [0.1, 0.15) is 6.42 Å². The van der Waals surface area contributed by atoms with E-state index in [0.29, 0.717) is 27.0 Å². The van der Waals surface area contributed by atoms with Crippen LogP contribution in [0.15, 0.2) is 55.1 Å². The number of nitriles is 1. The predicted octanol–water partition coefficient (Wildman–Crippen LogP) is 2.79. The van der Waals surface area contributed by atoms with E-state index < -0.39 is 34.2 Å². The van der Waals surface area contributed by atoms with Gasteiger partial charge in [0.15, 0.2) is 0 Å². The molecule has 0 radical (unpaired) electrons. The normalized spacial score (nSPS) is 18.4. The zero-order valence-corrected chi connectivity index (χ0v) is 22.8. The summed E-state index contributed by atoms with van der Waals surface area (Å²) >= 11 is 0. The zero-order chi connectivity index (χ0) is 29.0. The number of piperazine rings is 1. The molecule has 3 aromatic heterocycles. The van der Waals surface area contributed by atoms with Crippen molar-refractivity contribution in [2.75, 3.05) is 51.2 Å². The van der Waals surface area contributed by atoms with Gasteiger partial charge in [0, 0.05) is 75.2 Å². The van der Waals surface area contributed by atoms with Crippen molar-refractivity contribution in [1.29, 1.82) is 5.26 Å². The van der Waals surface area contributed by atoms with Gasteiger partial charge in [-0.1, -0.05) is 12.1 Å². The molecule has 0 amide bonds. The van der Waals surface area contributed by atoms with E-state index in [0.717, 1.165) is 37.4 Å². The molecule has 5 heterocycles. The molecule has 0 bridgehead atoms. The van der Waals surface area contributed by atoms with Gasteiger partial charge >= 0.3 is 15.5 Å². The van der Waals surface area contributed by atoms with Crippen LogP contribution in [0, 0.1) is 11.3 Å². The number of hydrogen-bond acceptors (Lipinski definition) is 8. The van der Waals surface area contributed by atoms with Crippen molar-refractivity contribution >= 4 is 21.4 Å². The van der Waals surface area contributed by atoms with E-state index in [4.69, 9.17) is 4.98 Å². The maximum atomic E-state index is 13.1. The maximum Gasteiger partial charge on any atom is 0.511 e. The Bertz CT molecular complexity index is 1730. The molecular weight excluding hydrogens is 559 g/mol. The van der Waals surface area contributed by atoms with E-state index >= 15 is 0 Å². The molecule has 0 N–H and O–H groups in total. The Hall–Kier alpha value is -4.00. The lowest BCUT2D eigenvalue weighted by Crippen LogP contribution is -2.65. The van der Waals surface area contributed by atoms with Crippen LogP contribution in [0.4, 0.5) is 18.9 Å². The number of likely N-dealkylation sites (N-methyl/N-ethyl adjacent to an activating group) is 1. The van der Waals surface area contributed by atoms with Gasteiger partial charge in [-0.05, 0) is 19.2 Å². The SMILES string of the molecule is CN1CCN(c2ccc(-c3cc4nccn4c(-c4cnn(C5(CC#N)CN(S(=O)(=O)C(F)(F)F)C5)c4)n3)cc2)CC1. The fourth-order valence-electron chi connectivity index (χ4n) is 5.29. The molecular formula is C26H26F3N9O2S. The van der Waals surface area contributed by atoms with Crippen molar-refractivity contribution in [1.82, 2.24) is 33.4 Å². The minimum absolute atomic E-state index is 0.217. The summed E-state index contributed by atoms with van der Waals surface area (Å²) in [6, 6.07) is 12.0. The van der Waals surface area contributed by atoms with E-state index in [2.05, 4.69) is 39.1 Å². The summed E-state index contributed by atoms with van der Waals surface area (Å²) in [5, 5.41) is 13.7. The average molecular weight is 586 g/mol. The fraction of sp³-hybridized carbons (Fsp3) is 0.385. The first-order valence-corrected chi connectivity index (χ1v) is 14.3. The van der Waals surface area contributed by atoms with Gasteiger partial charge in [0.2, 0.25) is 0 Å². The highest BCUT2D eigenvalue weighted by atomic mass is 32.2. The van der Waals surface area contributed by atoms with Crippen LogP contribution >= 0.6 is 0 Å². The molecule has 15 heteroatoms. The highest BCUT2D eigenvalue weighted by Crippen LogP contribution is 2.39. The number of rotatable bonds is 6. The molecule has 41 heavy (non-hydrogen) atoms. The first-order valence-electron chi connectivity index (χ1n) is 12.9. The van der Waals surface area contributed by atoms with Gasteiger partial charge in [0.05, 0.1) is 29.9 Å². The Balaban J connectivity index is 1.30. The lowest BCUT2D eigenvalue weighted by Gasteiger charge is -2.47. The Morgan fingerprint density at radius 2 is 1.78 bits per heavy atom. The van der Waals surface area contributed by atoms with Crippen LogP contribution in [-0.4, -0.2) is 93.6 Å². The molecule has 0 saturated carbocycles. The van der Waals surface area contributed by atoms with Gasteiger partial charge in [-0.2, -0.15) is 27.8 Å². The maximum absolute atomic E-state index is 13.1. The Kier molecular flexibility index (Phi) is 6.51. The van der Waals surface area contributed by atoms with Crippen LogP contribution in [0.3, 0.4) is 0 Å². The van der Waals surface area contributed by atoms with Gasteiger partial charge in [-0.3, -0.25) is 9.08 Å². The largest absolute Gasteiger partial charge is 0.511 e. The standard InChI is InChI=1S/C26H26F3N9O2S/c1-34-10-12-35(13-11-34)21-4-2-19(3-5-21)22-14-23-31-8-9-37(23)24(33-22)20-15-32-38(16-20)25(6-7-30)17-36(18-25)41(39,40)26(27,28)29/h2-5,8-9,14-16H,6,10-13,17-18H2,1H3. The molecule has 214 valence electrons. The Labute approximate surface area is 234 Å². The van der Waals surface area contributed by atoms with Crippen LogP contribution in [0.5, 0.6) is 0 Å². The van der Waals surface area contributed by atoms with E-state index in [1.165, 1.54) is 10.9 Å². The first-order chi connectivity index (χ1) is 19.5. The van der Waals surface area contributed by atoms with Gasteiger partial charge in [0.25, 0.3) is 0 Å². The molecule has 2 fully saturated rings. The fourth-order valence-corrected chi connectivity index (χ4v) is 6.40. The van der Waals surface area contributed by atoms with E-state index in [9.17, 15) is 26.9 Å². The molecule has 2 aliphatic rings. The number of hydrogen-bond donors (Lipinski definition) is 0. The number of imidazole rings is 1.